The van der Waals surface area contributed by atoms with E-state index in [2.05, 4.69) is 4.98 Å². The fourth-order valence-electron chi connectivity index (χ4n) is 4.14. The molecule has 0 bridgehead atoms. The van der Waals surface area contributed by atoms with Crippen LogP contribution in [0.1, 0.15) is 35.4 Å². The van der Waals surface area contributed by atoms with Crippen molar-refractivity contribution >= 4 is 12.4 Å². The van der Waals surface area contributed by atoms with Crippen molar-refractivity contribution in [2.24, 2.45) is 0 Å². The molecule has 184 valence electrons. The first kappa shape index (κ1) is 26.0. The van der Waals surface area contributed by atoms with Crippen LogP contribution in [0.3, 0.4) is 0 Å². The number of rotatable bonds is 6. The molecule has 0 spiro atoms. The van der Waals surface area contributed by atoms with Gasteiger partial charge in [0.2, 0.25) is 0 Å². The molecule has 0 saturated carbocycles. The Kier molecular flexibility index (Phi) is 7.90. The molecule has 0 aliphatic carbocycles. The molecule has 2 aromatic carbocycles. The molecule has 1 aliphatic rings. The lowest BCUT2D eigenvalue weighted by molar-refractivity contribution is -0.138. The van der Waals surface area contributed by atoms with Crippen LogP contribution < -0.4 is 4.74 Å². The molecule has 1 fully saturated rings. The molecule has 1 saturated heterocycles. The topological polar surface area (TPSA) is 45.5 Å². The van der Waals surface area contributed by atoms with Gasteiger partial charge in [-0.25, -0.2) is 9.37 Å². The van der Waals surface area contributed by atoms with E-state index >= 15 is 0 Å². The normalized spacial score (nSPS) is 15.6. The molecular formula is C24H25ClF4N2O3. The summed E-state index contributed by atoms with van der Waals surface area (Å²) in [5.74, 6) is 0.155. The summed E-state index contributed by atoms with van der Waals surface area (Å²) < 4.78 is 74.1. The van der Waals surface area contributed by atoms with Gasteiger partial charge in [-0.2, -0.15) is 13.2 Å². The molecule has 0 N–H and O–H groups in total. The largest absolute Gasteiger partial charge is 0.489 e. The highest BCUT2D eigenvalue weighted by molar-refractivity contribution is 5.85. The van der Waals surface area contributed by atoms with Crippen LogP contribution in [0.25, 0.3) is 5.69 Å². The quantitative estimate of drug-likeness (QED) is 0.390. The van der Waals surface area contributed by atoms with Crippen molar-refractivity contribution < 1.29 is 31.8 Å². The van der Waals surface area contributed by atoms with E-state index in [0.717, 1.165) is 12.1 Å². The summed E-state index contributed by atoms with van der Waals surface area (Å²) in [6, 6.07) is 8.14. The zero-order chi connectivity index (χ0) is 23.6. The number of hydrogen-bond donors (Lipinski definition) is 0. The van der Waals surface area contributed by atoms with Gasteiger partial charge < -0.3 is 18.8 Å². The van der Waals surface area contributed by atoms with Crippen molar-refractivity contribution in [2.75, 3.05) is 20.3 Å². The highest BCUT2D eigenvalue weighted by Gasteiger charge is 2.36. The number of aromatic nitrogens is 2. The second-order valence-corrected chi connectivity index (χ2v) is 7.96. The van der Waals surface area contributed by atoms with Crippen LogP contribution in [0.2, 0.25) is 0 Å². The standard InChI is InChI=1S/C24H24F4N2O3.ClH/c1-16-29-7-8-30(16)20-4-3-17(22(14-20)24(26,27)28)15-33-21-12-18(11-19(25)13-21)23(31-2)5-9-32-10-6-23;/h3-4,7-8,11-14H,5-6,9-10,15H2,1-2H3;1H. The SMILES string of the molecule is COC1(c2cc(F)cc(OCc3ccc(-n4ccnc4C)cc3C(F)(F)F)c2)CCOCC1.Cl. The Bertz CT molecular complexity index is 1130. The zero-order valence-electron chi connectivity index (χ0n) is 18.7. The molecule has 0 atom stereocenters. The first-order valence-corrected chi connectivity index (χ1v) is 10.5. The molecule has 3 aromatic rings. The second-order valence-electron chi connectivity index (χ2n) is 7.96. The summed E-state index contributed by atoms with van der Waals surface area (Å²) in [6.07, 6.45) is -0.387. The molecular weight excluding hydrogens is 476 g/mol. The van der Waals surface area contributed by atoms with E-state index in [1.165, 1.54) is 18.3 Å². The predicted molar refractivity (Wildman–Crippen MR) is 120 cm³/mol. The van der Waals surface area contributed by atoms with Gasteiger partial charge in [0, 0.05) is 62.9 Å². The number of hydrogen-bond acceptors (Lipinski definition) is 4. The van der Waals surface area contributed by atoms with Crippen LogP contribution in [0.5, 0.6) is 5.75 Å². The van der Waals surface area contributed by atoms with Crippen molar-refractivity contribution in [3.63, 3.8) is 0 Å². The summed E-state index contributed by atoms with van der Waals surface area (Å²) >= 11 is 0. The maximum atomic E-state index is 14.4. The van der Waals surface area contributed by atoms with Gasteiger partial charge in [-0.15, -0.1) is 12.4 Å². The van der Waals surface area contributed by atoms with Crippen LogP contribution in [-0.4, -0.2) is 29.9 Å². The maximum absolute atomic E-state index is 14.4. The predicted octanol–water partition coefficient (Wildman–Crippen LogP) is 5.99. The second kappa shape index (κ2) is 10.3. The number of benzene rings is 2. The maximum Gasteiger partial charge on any atom is 0.416 e. The monoisotopic (exact) mass is 500 g/mol. The Morgan fingerprint density at radius 2 is 1.85 bits per heavy atom. The van der Waals surface area contributed by atoms with E-state index < -0.39 is 23.2 Å². The molecule has 2 heterocycles. The van der Waals surface area contributed by atoms with E-state index in [0.29, 0.717) is 43.1 Å². The van der Waals surface area contributed by atoms with Crippen molar-refractivity contribution in [1.82, 2.24) is 9.55 Å². The van der Waals surface area contributed by atoms with Crippen LogP contribution in [0.4, 0.5) is 17.6 Å². The van der Waals surface area contributed by atoms with E-state index in [-0.39, 0.29) is 30.3 Å². The zero-order valence-corrected chi connectivity index (χ0v) is 19.5. The minimum absolute atomic E-state index is 0. The lowest BCUT2D eigenvalue weighted by atomic mass is 9.86. The van der Waals surface area contributed by atoms with Crippen LogP contribution in [0, 0.1) is 12.7 Å². The summed E-state index contributed by atoms with van der Waals surface area (Å²) in [6.45, 7) is 2.28. The highest BCUT2D eigenvalue weighted by Crippen LogP contribution is 2.38. The molecule has 0 unspecified atom stereocenters. The Hall–Kier alpha value is -2.62. The summed E-state index contributed by atoms with van der Waals surface area (Å²) in [4.78, 5) is 4.05. The van der Waals surface area contributed by atoms with E-state index in [1.54, 1.807) is 36.9 Å². The Balaban J connectivity index is 0.00000324. The van der Waals surface area contributed by atoms with Gasteiger partial charge in [-0.3, -0.25) is 0 Å². The fourth-order valence-corrected chi connectivity index (χ4v) is 4.14. The molecule has 4 rings (SSSR count). The first-order valence-electron chi connectivity index (χ1n) is 10.5. The number of ether oxygens (including phenoxy) is 3. The number of halogens is 5. The third-order valence-electron chi connectivity index (χ3n) is 5.99. The van der Waals surface area contributed by atoms with Crippen molar-refractivity contribution in [3.8, 4) is 11.4 Å². The van der Waals surface area contributed by atoms with Gasteiger partial charge in [-0.05, 0) is 36.8 Å². The molecule has 1 aromatic heterocycles. The molecule has 10 heteroatoms. The number of nitrogens with zero attached hydrogens (tertiary/aromatic N) is 2. The van der Waals surface area contributed by atoms with Crippen LogP contribution in [0.15, 0.2) is 48.8 Å². The lowest BCUT2D eigenvalue weighted by Gasteiger charge is -2.36. The van der Waals surface area contributed by atoms with Gasteiger partial charge in [-0.1, -0.05) is 6.07 Å². The average Bonchev–Trinajstić information content (AvgIpc) is 3.23. The summed E-state index contributed by atoms with van der Waals surface area (Å²) in [5.41, 5.74) is -0.675. The minimum Gasteiger partial charge on any atom is -0.489 e. The van der Waals surface area contributed by atoms with Gasteiger partial charge in [0.25, 0.3) is 0 Å². The summed E-state index contributed by atoms with van der Waals surface area (Å²) in [7, 11) is 1.55. The number of aryl methyl sites for hydroxylation is 1. The molecule has 34 heavy (non-hydrogen) atoms. The number of alkyl halides is 3. The third kappa shape index (κ3) is 5.37. The average molecular weight is 501 g/mol. The molecule has 0 radical (unpaired) electrons. The van der Waals surface area contributed by atoms with Crippen molar-refractivity contribution in [2.45, 2.75) is 38.1 Å². The first-order chi connectivity index (χ1) is 15.7. The van der Waals surface area contributed by atoms with E-state index in [1.807, 2.05) is 0 Å². The smallest absolute Gasteiger partial charge is 0.416 e. The van der Waals surface area contributed by atoms with Crippen LogP contribution >= 0.6 is 12.4 Å². The highest BCUT2D eigenvalue weighted by atomic mass is 35.5. The summed E-state index contributed by atoms with van der Waals surface area (Å²) in [5, 5.41) is 0. The van der Waals surface area contributed by atoms with Gasteiger partial charge in [0.05, 0.1) is 11.2 Å². The lowest BCUT2D eigenvalue weighted by Crippen LogP contribution is -2.35. The molecule has 5 nitrogen and oxygen atoms in total. The number of methoxy groups -OCH3 is 1. The van der Waals surface area contributed by atoms with E-state index in [9.17, 15) is 17.6 Å². The third-order valence-corrected chi connectivity index (χ3v) is 5.99. The minimum atomic E-state index is -4.58. The fraction of sp³-hybridized carbons (Fsp3) is 0.375. The van der Waals surface area contributed by atoms with Gasteiger partial charge >= 0.3 is 6.18 Å². The Morgan fingerprint density at radius 1 is 1.12 bits per heavy atom. The van der Waals surface area contributed by atoms with Crippen molar-refractivity contribution in [3.05, 3.63) is 77.1 Å². The Morgan fingerprint density at radius 3 is 2.47 bits per heavy atom. The number of imidazole rings is 1. The van der Waals surface area contributed by atoms with E-state index in [4.69, 9.17) is 14.2 Å². The van der Waals surface area contributed by atoms with Crippen LogP contribution in [-0.2, 0) is 27.9 Å². The van der Waals surface area contributed by atoms with Gasteiger partial charge in [0.1, 0.15) is 24.0 Å². The molecule has 0 amide bonds. The Labute approximate surface area is 201 Å². The van der Waals surface area contributed by atoms with Crippen molar-refractivity contribution in [1.29, 1.82) is 0 Å². The van der Waals surface area contributed by atoms with Gasteiger partial charge in [0.15, 0.2) is 0 Å². The molecule has 1 aliphatic heterocycles.